The molecule has 166 valence electrons. The number of aliphatic hydroxyl groups excluding tert-OH is 1. The first-order valence-corrected chi connectivity index (χ1v) is 14.7. The highest BCUT2D eigenvalue weighted by Crippen LogP contribution is 2.57. The Labute approximate surface area is 179 Å². The van der Waals surface area contributed by atoms with Gasteiger partial charge in [-0.25, -0.2) is 0 Å². The van der Waals surface area contributed by atoms with Gasteiger partial charge in [-0.15, -0.1) is 0 Å². The van der Waals surface area contributed by atoms with Crippen LogP contribution in [0.2, 0.25) is 18.1 Å². The van der Waals surface area contributed by atoms with E-state index >= 15 is 0 Å². The Hall–Kier alpha value is -0.383. The second-order valence-electron chi connectivity index (χ2n) is 10.8. The lowest BCUT2D eigenvalue weighted by Gasteiger charge is -2.56. The predicted octanol–water partition coefficient (Wildman–Crippen LogP) is 5.11. The molecule has 3 fully saturated rings. The summed E-state index contributed by atoms with van der Waals surface area (Å²) < 4.78 is 18.6. The second-order valence-corrected chi connectivity index (χ2v) is 15.6. The minimum Gasteiger partial charge on any atom is -0.403 e. The van der Waals surface area contributed by atoms with Crippen LogP contribution in [0.1, 0.15) is 72.6 Å². The molecule has 2 saturated carbocycles. The van der Waals surface area contributed by atoms with Crippen LogP contribution in [0.15, 0.2) is 0 Å². The van der Waals surface area contributed by atoms with E-state index in [1.807, 2.05) is 0 Å². The molecule has 0 unspecified atom stereocenters. The van der Waals surface area contributed by atoms with Gasteiger partial charge < -0.3 is 19.0 Å². The zero-order valence-corrected chi connectivity index (χ0v) is 20.4. The predicted molar refractivity (Wildman–Crippen MR) is 119 cm³/mol. The van der Waals surface area contributed by atoms with E-state index < -0.39 is 8.32 Å². The average Bonchev–Trinajstić information content (AvgIpc) is 3.11. The maximum absolute atomic E-state index is 10.7. The Bertz CT molecular complexity index is 609. The summed E-state index contributed by atoms with van der Waals surface area (Å²) >= 11 is 0. The van der Waals surface area contributed by atoms with Crippen molar-refractivity contribution in [1.82, 2.24) is 0 Å². The van der Waals surface area contributed by atoms with Gasteiger partial charge >= 0.3 is 0 Å². The molecule has 1 saturated heterocycles. The zero-order chi connectivity index (χ0) is 21.3. The third-order valence-corrected chi connectivity index (χ3v) is 12.2. The molecule has 1 heterocycles. The van der Waals surface area contributed by atoms with Crippen molar-refractivity contribution in [2.75, 3.05) is 13.2 Å². The molecule has 0 bridgehead atoms. The number of rotatable bonds is 6. The fourth-order valence-corrected chi connectivity index (χ4v) is 6.12. The summed E-state index contributed by atoms with van der Waals surface area (Å²) in [5, 5.41) is 10.9. The minimum absolute atomic E-state index is 0.0175. The molecule has 1 spiro atoms. The summed E-state index contributed by atoms with van der Waals surface area (Å²) in [6, 6.07) is 0. The third-order valence-electron chi connectivity index (χ3n) is 7.75. The first-order chi connectivity index (χ1) is 13.6. The van der Waals surface area contributed by atoms with Crippen LogP contribution < -0.4 is 0 Å². The molecular formula is C24H42O4Si. The largest absolute Gasteiger partial charge is 0.403 e. The summed E-state index contributed by atoms with van der Waals surface area (Å²) in [4.78, 5) is 0. The van der Waals surface area contributed by atoms with E-state index in [-0.39, 0.29) is 29.0 Å². The quantitative estimate of drug-likeness (QED) is 0.367. The lowest BCUT2D eigenvalue weighted by molar-refractivity contribution is -0.296. The van der Waals surface area contributed by atoms with Crippen LogP contribution in [0.25, 0.3) is 0 Å². The molecule has 5 heteroatoms. The number of ether oxygens (including phenoxy) is 2. The Morgan fingerprint density at radius 3 is 2.48 bits per heavy atom. The molecule has 0 aromatic rings. The number of hydrogen-bond donors (Lipinski definition) is 1. The maximum Gasteiger partial charge on any atom is 0.193 e. The van der Waals surface area contributed by atoms with Gasteiger partial charge in [0.2, 0.25) is 0 Å². The van der Waals surface area contributed by atoms with Crippen molar-refractivity contribution in [3.05, 3.63) is 0 Å². The zero-order valence-electron chi connectivity index (χ0n) is 19.4. The fourth-order valence-electron chi connectivity index (χ4n) is 4.88. The van der Waals surface area contributed by atoms with Gasteiger partial charge in [0.1, 0.15) is 6.10 Å². The van der Waals surface area contributed by atoms with Crippen molar-refractivity contribution in [2.45, 2.75) is 109 Å². The Morgan fingerprint density at radius 1 is 1.17 bits per heavy atom. The molecule has 1 aliphatic heterocycles. The number of aliphatic hydroxyl groups is 1. The lowest BCUT2D eigenvalue weighted by atomic mass is 9.56. The minimum atomic E-state index is -1.88. The van der Waals surface area contributed by atoms with E-state index in [2.05, 4.69) is 52.6 Å². The molecule has 29 heavy (non-hydrogen) atoms. The summed E-state index contributed by atoms with van der Waals surface area (Å²) in [7, 11) is -1.88. The molecule has 0 radical (unpaired) electrons. The summed E-state index contributed by atoms with van der Waals surface area (Å²) in [5.41, 5.74) is 0. The van der Waals surface area contributed by atoms with E-state index in [0.29, 0.717) is 25.0 Å². The van der Waals surface area contributed by atoms with Crippen molar-refractivity contribution >= 4 is 8.32 Å². The van der Waals surface area contributed by atoms with Crippen LogP contribution in [0.3, 0.4) is 0 Å². The van der Waals surface area contributed by atoms with E-state index in [4.69, 9.17) is 13.9 Å². The Kier molecular flexibility index (Phi) is 7.23. The highest BCUT2D eigenvalue weighted by Gasteiger charge is 2.62. The van der Waals surface area contributed by atoms with Crippen LogP contribution in [0.5, 0.6) is 0 Å². The maximum atomic E-state index is 10.7. The molecular weight excluding hydrogens is 380 g/mol. The molecule has 4 nitrogen and oxygen atoms in total. The van der Waals surface area contributed by atoms with Gasteiger partial charge in [-0.1, -0.05) is 52.4 Å². The molecule has 0 aromatic carbocycles. The first-order valence-electron chi connectivity index (χ1n) is 11.7. The van der Waals surface area contributed by atoms with Crippen LogP contribution in [-0.4, -0.2) is 44.6 Å². The van der Waals surface area contributed by atoms with Gasteiger partial charge in [-0.2, -0.15) is 0 Å². The Morgan fingerprint density at radius 2 is 1.86 bits per heavy atom. The van der Waals surface area contributed by atoms with Crippen molar-refractivity contribution in [1.29, 1.82) is 0 Å². The summed E-state index contributed by atoms with van der Waals surface area (Å²) in [6.45, 7) is 15.1. The van der Waals surface area contributed by atoms with E-state index in [1.54, 1.807) is 0 Å². The van der Waals surface area contributed by atoms with Crippen LogP contribution >= 0.6 is 0 Å². The van der Waals surface area contributed by atoms with E-state index in [1.165, 1.54) is 12.8 Å². The summed E-state index contributed by atoms with van der Waals surface area (Å²) in [5.74, 6) is 7.40. The summed E-state index contributed by atoms with van der Waals surface area (Å²) in [6.07, 6.45) is 6.82. The van der Waals surface area contributed by atoms with Crippen LogP contribution in [0.4, 0.5) is 0 Å². The topological polar surface area (TPSA) is 47.9 Å². The Balaban J connectivity index is 1.71. The first kappa shape index (κ1) is 23.3. The standard InChI is InChI=1S/C24H42O4Si/c1-7-8-9-10-18(28-29(5,6)23(2,3)4)11-12-19-20-17-24(26-15-16-27-24)21(20)13-14-22(19)25/h18-22,25H,7-10,13-17H2,1-6H3/t18-,19+,20+,21-,22+/m0/s1. The van der Waals surface area contributed by atoms with Crippen molar-refractivity contribution in [3.8, 4) is 11.8 Å². The molecule has 1 N–H and O–H groups in total. The van der Waals surface area contributed by atoms with Crippen molar-refractivity contribution < 1.29 is 19.0 Å². The molecule has 3 aliphatic rings. The second kappa shape index (κ2) is 9.00. The molecule has 2 aliphatic carbocycles. The van der Waals surface area contributed by atoms with E-state index in [9.17, 15) is 5.11 Å². The molecule has 0 amide bonds. The van der Waals surface area contributed by atoms with Crippen LogP contribution in [0, 0.1) is 29.6 Å². The fraction of sp³-hybridized carbons (Fsp3) is 0.917. The number of unbranched alkanes of at least 4 members (excludes halogenated alkanes) is 2. The highest BCUT2D eigenvalue weighted by molar-refractivity contribution is 6.74. The normalized spacial score (nSPS) is 32.2. The van der Waals surface area contributed by atoms with Crippen molar-refractivity contribution in [2.24, 2.45) is 17.8 Å². The third kappa shape index (κ3) is 4.93. The lowest BCUT2D eigenvalue weighted by Crippen LogP contribution is -2.60. The van der Waals surface area contributed by atoms with Gasteiger partial charge in [0.15, 0.2) is 14.1 Å². The van der Waals surface area contributed by atoms with E-state index in [0.717, 1.165) is 32.1 Å². The highest BCUT2D eigenvalue weighted by atomic mass is 28.4. The van der Waals surface area contributed by atoms with Crippen molar-refractivity contribution in [3.63, 3.8) is 0 Å². The van der Waals surface area contributed by atoms with Gasteiger partial charge in [0.05, 0.1) is 19.3 Å². The monoisotopic (exact) mass is 422 g/mol. The van der Waals surface area contributed by atoms with Crippen LogP contribution in [-0.2, 0) is 13.9 Å². The van der Waals surface area contributed by atoms with Gasteiger partial charge in [0.25, 0.3) is 0 Å². The average molecular weight is 423 g/mol. The smallest absolute Gasteiger partial charge is 0.193 e. The SMILES string of the molecule is CCCCC[C@@H](C#C[C@@H]1[C@H]2CC3(OCCO3)[C@H]2CC[C@H]1O)O[Si](C)(C)C(C)(C)C. The molecule has 0 aromatic heterocycles. The van der Waals surface area contributed by atoms with Gasteiger partial charge in [-0.3, -0.25) is 0 Å². The van der Waals surface area contributed by atoms with Gasteiger partial charge in [0, 0.05) is 18.3 Å². The molecule has 5 atom stereocenters. The number of hydrogen-bond acceptors (Lipinski definition) is 4. The molecule has 3 rings (SSSR count). The number of fused-ring (bicyclic) bond motifs is 2. The van der Waals surface area contributed by atoms with Gasteiger partial charge in [-0.05, 0) is 49.7 Å².